The van der Waals surface area contributed by atoms with E-state index in [2.05, 4.69) is 9.05 Å². The van der Waals surface area contributed by atoms with Gasteiger partial charge in [-0.05, 0) is 6.42 Å². The first kappa shape index (κ1) is 12.8. The van der Waals surface area contributed by atoms with Gasteiger partial charge in [0.2, 0.25) is 5.52 Å². The molecule has 0 radical (unpaired) electrons. The van der Waals surface area contributed by atoms with E-state index in [1.54, 1.807) is 0 Å². The quantitative estimate of drug-likeness (QED) is 0.476. The average molecular weight is 208 g/mol. The van der Waals surface area contributed by atoms with E-state index in [1.807, 2.05) is 6.92 Å². The monoisotopic (exact) mass is 208 g/mol. The van der Waals surface area contributed by atoms with Gasteiger partial charge in [-0.1, -0.05) is 19.8 Å². The first-order valence-corrected chi connectivity index (χ1v) is 5.90. The fourth-order valence-electron chi connectivity index (χ4n) is 0.941. The zero-order chi connectivity index (χ0) is 10.3. The Bertz CT molecular complexity index is 194. The predicted octanol–water partition coefficient (Wildman–Crippen LogP) is 2.58. The zero-order valence-corrected chi connectivity index (χ0v) is 9.30. The van der Waals surface area contributed by atoms with Gasteiger partial charge in [0.15, 0.2) is 0 Å². The standard InChI is InChI=1S/C8H17O4P/c1-4-5-6-7-8(9)13(10,11-2)12-3/h4-7H2,1-3H3. The van der Waals surface area contributed by atoms with Crippen LogP contribution >= 0.6 is 7.60 Å². The second kappa shape index (κ2) is 6.30. The minimum atomic E-state index is -3.45. The van der Waals surface area contributed by atoms with Gasteiger partial charge in [0.25, 0.3) is 0 Å². The molecule has 0 N–H and O–H groups in total. The Hall–Kier alpha value is -0.180. The van der Waals surface area contributed by atoms with Crippen LogP contribution in [0, 0.1) is 0 Å². The van der Waals surface area contributed by atoms with Crippen molar-refractivity contribution < 1.29 is 18.4 Å². The molecular formula is C8H17O4P. The van der Waals surface area contributed by atoms with Crippen LogP contribution in [0.15, 0.2) is 0 Å². The minimum absolute atomic E-state index is 0.271. The summed E-state index contributed by atoms with van der Waals surface area (Å²) in [4.78, 5) is 11.3. The van der Waals surface area contributed by atoms with Gasteiger partial charge in [0, 0.05) is 20.6 Å². The Morgan fingerprint density at radius 1 is 1.23 bits per heavy atom. The van der Waals surface area contributed by atoms with Gasteiger partial charge in [-0.25, -0.2) is 0 Å². The third-order valence-corrected chi connectivity index (χ3v) is 3.58. The highest BCUT2D eigenvalue weighted by Gasteiger charge is 2.30. The van der Waals surface area contributed by atoms with Crippen molar-refractivity contribution in [2.75, 3.05) is 14.2 Å². The summed E-state index contributed by atoms with van der Waals surface area (Å²) in [6, 6.07) is 0. The third-order valence-electron chi connectivity index (χ3n) is 1.78. The topological polar surface area (TPSA) is 52.6 Å². The van der Waals surface area contributed by atoms with Crippen LogP contribution in [0.4, 0.5) is 0 Å². The largest absolute Gasteiger partial charge is 0.396 e. The van der Waals surface area contributed by atoms with Crippen LogP contribution in [-0.2, 0) is 18.4 Å². The highest BCUT2D eigenvalue weighted by atomic mass is 31.2. The summed E-state index contributed by atoms with van der Waals surface area (Å²) in [5, 5.41) is 0. The molecule has 5 heteroatoms. The number of hydrogen-bond acceptors (Lipinski definition) is 4. The van der Waals surface area contributed by atoms with Crippen LogP contribution in [0.25, 0.3) is 0 Å². The van der Waals surface area contributed by atoms with Gasteiger partial charge in [-0.2, -0.15) is 0 Å². The first-order chi connectivity index (χ1) is 6.10. The molecule has 0 amide bonds. The van der Waals surface area contributed by atoms with Crippen molar-refractivity contribution in [2.45, 2.75) is 32.6 Å². The fourth-order valence-corrected chi connectivity index (χ4v) is 1.93. The van der Waals surface area contributed by atoms with E-state index in [0.29, 0.717) is 0 Å². The number of unbranched alkanes of at least 4 members (excludes halogenated alkanes) is 2. The van der Waals surface area contributed by atoms with Gasteiger partial charge in [0.1, 0.15) is 0 Å². The lowest BCUT2D eigenvalue weighted by Gasteiger charge is -2.11. The van der Waals surface area contributed by atoms with Crippen LogP contribution < -0.4 is 0 Å². The summed E-state index contributed by atoms with van der Waals surface area (Å²) in [7, 11) is -1.00. The minimum Gasteiger partial charge on any atom is -0.307 e. The van der Waals surface area contributed by atoms with Crippen LogP contribution in [0.1, 0.15) is 32.6 Å². The maximum Gasteiger partial charge on any atom is 0.396 e. The van der Waals surface area contributed by atoms with Crippen LogP contribution in [0.3, 0.4) is 0 Å². The number of rotatable bonds is 7. The highest BCUT2D eigenvalue weighted by molar-refractivity contribution is 7.71. The van der Waals surface area contributed by atoms with Crippen molar-refractivity contribution in [3.63, 3.8) is 0 Å². The molecule has 0 heterocycles. The molecule has 0 fully saturated rings. The van der Waals surface area contributed by atoms with Gasteiger partial charge in [-0.3, -0.25) is 9.36 Å². The highest BCUT2D eigenvalue weighted by Crippen LogP contribution is 2.48. The SMILES string of the molecule is CCCCCC(=O)P(=O)(OC)OC. The van der Waals surface area contributed by atoms with Crippen molar-refractivity contribution >= 4 is 13.1 Å². The lowest BCUT2D eigenvalue weighted by molar-refractivity contribution is -0.113. The molecular weight excluding hydrogens is 191 g/mol. The molecule has 0 aromatic heterocycles. The maximum atomic E-state index is 11.5. The molecule has 0 aromatic carbocycles. The van der Waals surface area contributed by atoms with Gasteiger partial charge >= 0.3 is 7.60 Å². The number of carbonyl (C=O) groups excluding carboxylic acids is 1. The lowest BCUT2D eigenvalue weighted by atomic mass is 10.2. The summed E-state index contributed by atoms with van der Waals surface area (Å²) in [6.45, 7) is 2.04. The molecule has 0 saturated carbocycles. The van der Waals surface area contributed by atoms with Gasteiger partial charge in [-0.15, -0.1) is 0 Å². The number of hydrogen-bond donors (Lipinski definition) is 0. The molecule has 0 spiro atoms. The molecule has 4 nitrogen and oxygen atoms in total. The van der Waals surface area contributed by atoms with E-state index in [1.165, 1.54) is 14.2 Å². The summed E-state index contributed by atoms with van der Waals surface area (Å²) in [5.41, 5.74) is -0.425. The maximum absolute atomic E-state index is 11.5. The first-order valence-electron chi connectivity index (χ1n) is 4.35. The normalized spacial score (nSPS) is 11.6. The second-order valence-electron chi connectivity index (χ2n) is 2.71. The summed E-state index contributed by atoms with van der Waals surface area (Å²) in [6.07, 6.45) is 3.00. The van der Waals surface area contributed by atoms with Crippen molar-refractivity contribution in [2.24, 2.45) is 0 Å². The second-order valence-corrected chi connectivity index (χ2v) is 4.94. The molecule has 0 aliphatic heterocycles. The Morgan fingerprint density at radius 2 is 1.77 bits per heavy atom. The zero-order valence-electron chi connectivity index (χ0n) is 8.41. The summed E-state index contributed by atoms with van der Waals surface area (Å²) in [5.74, 6) is 0. The average Bonchev–Trinajstić information content (AvgIpc) is 2.17. The molecule has 0 saturated heterocycles. The van der Waals surface area contributed by atoms with Crippen molar-refractivity contribution in [1.29, 1.82) is 0 Å². The van der Waals surface area contributed by atoms with Crippen molar-refractivity contribution in [3.05, 3.63) is 0 Å². The smallest absolute Gasteiger partial charge is 0.307 e. The number of carbonyl (C=O) groups is 1. The molecule has 0 rings (SSSR count). The van der Waals surface area contributed by atoms with Crippen LogP contribution in [0.2, 0.25) is 0 Å². The van der Waals surface area contributed by atoms with E-state index < -0.39 is 13.1 Å². The third kappa shape index (κ3) is 4.03. The summed E-state index contributed by atoms with van der Waals surface area (Å²) < 4.78 is 20.6. The van der Waals surface area contributed by atoms with Crippen LogP contribution in [-0.4, -0.2) is 19.7 Å². The molecule has 13 heavy (non-hydrogen) atoms. The van der Waals surface area contributed by atoms with E-state index >= 15 is 0 Å². The Morgan fingerprint density at radius 3 is 2.15 bits per heavy atom. The molecule has 0 aliphatic carbocycles. The predicted molar refractivity (Wildman–Crippen MR) is 50.8 cm³/mol. The summed E-state index contributed by atoms with van der Waals surface area (Å²) >= 11 is 0. The van der Waals surface area contributed by atoms with Gasteiger partial charge in [0.05, 0.1) is 0 Å². The van der Waals surface area contributed by atoms with E-state index in [0.717, 1.165) is 19.3 Å². The van der Waals surface area contributed by atoms with Crippen molar-refractivity contribution in [3.8, 4) is 0 Å². The van der Waals surface area contributed by atoms with E-state index in [9.17, 15) is 9.36 Å². The Labute approximate surface area is 79.1 Å². The van der Waals surface area contributed by atoms with E-state index in [-0.39, 0.29) is 6.42 Å². The molecule has 78 valence electrons. The van der Waals surface area contributed by atoms with Crippen molar-refractivity contribution in [1.82, 2.24) is 0 Å². The molecule has 0 aliphatic rings. The molecule has 0 unspecified atom stereocenters. The Kier molecular flexibility index (Phi) is 6.21. The molecule has 0 bridgehead atoms. The fraction of sp³-hybridized carbons (Fsp3) is 0.875. The van der Waals surface area contributed by atoms with Gasteiger partial charge < -0.3 is 9.05 Å². The lowest BCUT2D eigenvalue weighted by Crippen LogP contribution is -2.03. The van der Waals surface area contributed by atoms with Crippen LogP contribution in [0.5, 0.6) is 0 Å². The Balaban J connectivity index is 4.01. The van der Waals surface area contributed by atoms with E-state index in [4.69, 9.17) is 0 Å². The molecule has 0 aromatic rings. The molecule has 0 atom stereocenters.